The number of thiocarbonyl (C=S) groups is 1. The Morgan fingerprint density at radius 2 is 1.82 bits per heavy atom. The molecule has 2 aromatic rings. The van der Waals surface area contributed by atoms with Crippen molar-refractivity contribution in [3.8, 4) is 0 Å². The van der Waals surface area contributed by atoms with Gasteiger partial charge in [0.1, 0.15) is 5.69 Å². The highest BCUT2D eigenvalue weighted by Crippen LogP contribution is 2.27. The number of halogens is 1. The fraction of sp³-hybridized carbons (Fsp3) is 0.300. The second kappa shape index (κ2) is 9.61. The van der Waals surface area contributed by atoms with E-state index in [2.05, 4.69) is 24.5 Å². The average molecular weight is 420 g/mol. The third kappa shape index (κ3) is 6.00. The molecule has 2 aromatic carbocycles. The van der Waals surface area contributed by atoms with Gasteiger partial charge in [-0.3, -0.25) is 14.9 Å². The number of carbonyl (C=O) groups excluding carboxylic acids is 1. The zero-order chi connectivity index (χ0) is 20.8. The number of amides is 1. The Hall–Kier alpha value is -2.51. The molecule has 148 valence electrons. The van der Waals surface area contributed by atoms with E-state index in [0.717, 1.165) is 12.0 Å². The molecule has 0 heterocycles. The molecule has 28 heavy (non-hydrogen) atoms. The predicted octanol–water partition coefficient (Wildman–Crippen LogP) is 5.06. The lowest BCUT2D eigenvalue weighted by Crippen LogP contribution is -2.36. The van der Waals surface area contributed by atoms with Crippen molar-refractivity contribution >= 4 is 46.2 Å². The number of hydrogen-bond donors (Lipinski definition) is 2. The highest BCUT2D eigenvalue weighted by atomic mass is 35.5. The molecule has 0 aromatic heterocycles. The Kier molecular flexibility index (Phi) is 7.48. The van der Waals surface area contributed by atoms with Gasteiger partial charge in [0.2, 0.25) is 5.91 Å². The van der Waals surface area contributed by atoms with Gasteiger partial charge >= 0.3 is 0 Å². The normalized spacial score (nSPS) is 11.8. The van der Waals surface area contributed by atoms with Crippen LogP contribution in [-0.4, -0.2) is 15.9 Å². The number of anilines is 1. The van der Waals surface area contributed by atoms with Crippen molar-refractivity contribution in [3.63, 3.8) is 0 Å². The van der Waals surface area contributed by atoms with E-state index in [4.69, 9.17) is 23.8 Å². The van der Waals surface area contributed by atoms with E-state index in [0.29, 0.717) is 5.92 Å². The highest BCUT2D eigenvalue weighted by molar-refractivity contribution is 7.80. The molecule has 0 spiro atoms. The molecule has 1 atom stereocenters. The van der Waals surface area contributed by atoms with Gasteiger partial charge in [0.15, 0.2) is 5.11 Å². The van der Waals surface area contributed by atoms with Gasteiger partial charge in [-0.25, -0.2) is 0 Å². The quantitative estimate of drug-likeness (QED) is 0.388. The summed E-state index contributed by atoms with van der Waals surface area (Å²) >= 11 is 10.9. The minimum absolute atomic E-state index is 0.0151. The number of carbonyl (C=O) groups is 1. The minimum Gasteiger partial charge on any atom is -0.327 e. The Bertz CT molecular complexity index is 885. The van der Waals surface area contributed by atoms with Gasteiger partial charge in [0.25, 0.3) is 5.69 Å². The molecule has 0 aliphatic rings. The lowest BCUT2D eigenvalue weighted by atomic mass is 9.96. The molecule has 8 heteroatoms. The van der Waals surface area contributed by atoms with E-state index in [1.54, 1.807) is 6.92 Å². The number of rotatable bonds is 6. The van der Waals surface area contributed by atoms with E-state index < -0.39 is 10.8 Å². The Labute approximate surface area is 174 Å². The maximum atomic E-state index is 12.5. The number of nitro groups is 1. The molecule has 2 rings (SSSR count). The molecule has 0 saturated carbocycles. The summed E-state index contributed by atoms with van der Waals surface area (Å²) in [6.07, 6.45) is 0.981. The molecule has 0 saturated heterocycles. The van der Waals surface area contributed by atoms with Gasteiger partial charge < -0.3 is 10.6 Å². The molecule has 6 nitrogen and oxygen atoms in total. The topological polar surface area (TPSA) is 84.3 Å². The summed E-state index contributed by atoms with van der Waals surface area (Å²) in [5.41, 5.74) is 2.02. The summed E-state index contributed by atoms with van der Waals surface area (Å²) in [6, 6.07) is 12.1. The van der Waals surface area contributed by atoms with Gasteiger partial charge in [-0.1, -0.05) is 49.7 Å². The Balaban J connectivity index is 2.02. The van der Waals surface area contributed by atoms with Crippen LogP contribution in [-0.2, 0) is 11.2 Å². The summed E-state index contributed by atoms with van der Waals surface area (Å²) in [7, 11) is 0. The SMILES string of the molecule is CC(C)Cc1ccc(C(C)C(=O)NC(=S)Nc2ccc(Cl)cc2[N+](=O)[O-])cc1. The standard InChI is InChI=1S/C20H22ClN3O3S/c1-12(2)10-14-4-6-15(7-5-14)13(3)19(25)23-20(28)22-17-9-8-16(21)11-18(17)24(26)27/h4-9,11-13H,10H2,1-3H3,(H2,22,23,25,28). The van der Waals surface area contributed by atoms with E-state index >= 15 is 0 Å². The number of nitrogens with one attached hydrogen (secondary N) is 2. The van der Waals surface area contributed by atoms with Crippen LogP contribution in [0, 0.1) is 16.0 Å². The van der Waals surface area contributed by atoms with E-state index in [-0.39, 0.29) is 27.4 Å². The van der Waals surface area contributed by atoms with Gasteiger partial charge in [-0.15, -0.1) is 0 Å². The molecular formula is C20H22ClN3O3S. The molecular weight excluding hydrogens is 398 g/mol. The van der Waals surface area contributed by atoms with Crippen molar-refractivity contribution in [3.05, 3.63) is 68.7 Å². The largest absolute Gasteiger partial charge is 0.327 e. The van der Waals surface area contributed by atoms with Crippen molar-refractivity contribution in [2.45, 2.75) is 33.1 Å². The zero-order valence-corrected chi connectivity index (χ0v) is 17.4. The third-order valence-corrected chi connectivity index (χ3v) is 4.60. The second-order valence-corrected chi connectivity index (χ2v) is 7.77. The number of benzene rings is 2. The number of nitrogens with zero attached hydrogens (tertiary/aromatic N) is 1. The van der Waals surface area contributed by atoms with Crippen molar-refractivity contribution < 1.29 is 9.72 Å². The maximum Gasteiger partial charge on any atom is 0.294 e. The van der Waals surface area contributed by atoms with Crippen LogP contribution in [0.15, 0.2) is 42.5 Å². The van der Waals surface area contributed by atoms with Crippen LogP contribution in [0.25, 0.3) is 0 Å². The van der Waals surface area contributed by atoms with Gasteiger partial charge in [0.05, 0.1) is 10.8 Å². The van der Waals surface area contributed by atoms with Gasteiger partial charge in [0, 0.05) is 11.1 Å². The first-order valence-corrected chi connectivity index (χ1v) is 9.60. The fourth-order valence-corrected chi connectivity index (χ4v) is 3.08. The van der Waals surface area contributed by atoms with E-state index in [1.807, 2.05) is 24.3 Å². The summed E-state index contributed by atoms with van der Waals surface area (Å²) < 4.78 is 0. The van der Waals surface area contributed by atoms with Crippen LogP contribution < -0.4 is 10.6 Å². The minimum atomic E-state index is -0.569. The molecule has 0 radical (unpaired) electrons. The van der Waals surface area contributed by atoms with Crippen molar-refractivity contribution in [1.29, 1.82) is 0 Å². The summed E-state index contributed by atoms with van der Waals surface area (Å²) in [5.74, 6) is -0.161. The van der Waals surface area contributed by atoms with Crippen molar-refractivity contribution in [2.24, 2.45) is 5.92 Å². The Morgan fingerprint density at radius 1 is 1.18 bits per heavy atom. The van der Waals surface area contributed by atoms with Crippen LogP contribution in [0.4, 0.5) is 11.4 Å². The number of hydrogen-bond acceptors (Lipinski definition) is 4. The van der Waals surface area contributed by atoms with E-state index in [1.165, 1.54) is 23.8 Å². The van der Waals surface area contributed by atoms with Gasteiger partial charge in [-0.2, -0.15) is 0 Å². The highest BCUT2D eigenvalue weighted by Gasteiger charge is 2.19. The van der Waals surface area contributed by atoms with Crippen LogP contribution >= 0.6 is 23.8 Å². The summed E-state index contributed by atoms with van der Waals surface area (Å²) in [4.78, 5) is 23.1. The van der Waals surface area contributed by atoms with Crippen molar-refractivity contribution in [1.82, 2.24) is 5.32 Å². The number of nitro benzene ring substituents is 1. The van der Waals surface area contributed by atoms with Crippen molar-refractivity contribution in [2.75, 3.05) is 5.32 Å². The second-order valence-electron chi connectivity index (χ2n) is 6.92. The van der Waals surface area contributed by atoms with Crippen LogP contribution in [0.3, 0.4) is 0 Å². The summed E-state index contributed by atoms with van der Waals surface area (Å²) in [5, 5.41) is 16.6. The average Bonchev–Trinajstić information content (AvgIpc) is 2.62. The van der Waals surface area contributed by atoms with Crippen LogP contribution in [0.1, 0.15) is 37.8 Å². The maximum absolute atomic E-state index is 12.5. The third-order valence-electron chi connectivity index (χ3n) is 4.16. The van der Waals surface area contributed by atoms with Crippen LogP contribution in [0.2, 0.25) is 5.02 Å². The predicted molar refractivity (Wildman–Crippen MR) is 116 cm³/mol. The lowest BCUT2D eigenvalue weighted by molar-refractivity contribution is -0.383. The first-order valence-electron chi connectivity index (χ1n) is 8.82. The summed E-state index contributed by atoms with van der Waals surface area (Å²) in [6.45, 7) is 6.09. The monoisotopic (exact) mass is 419 g/mol. The van der Waals surface area contributed by atoms with Crippen LogP contribution in [0.5, 0.6) is 0 Å². The lowest BCUT2D eigenvalue weighted by Gasteiger charge is -2.15. The molecule has 0 aliphatic heterocycles. The molecule has 0 aliphatic carbocycles. The molecule has 0 bridgehead atoms. The first kappa shape index (κ1) is 21.8. The van der Waals surface area contributed by atoms with E-state index in [9.17, 15) is 14.9 Å². The molecule has 1 unspecified atom stereocenters. The molecule has 1 amide bonds. The molecule has 0 fully saturated rings. The Morgan fingerprint density at radius 3 is 2.39 bits per heavy atom. The molecule has 2 N–H and O–H groups in total. The van der Waals surface area contributed by atoms with Gasteiger partial charge in [-0.05, 0) is 54.7 Å². The smallest absolute Gasteiger partial charge is 0.294 e. The first-order chi connectivity index (χ1) is 13.2. The zero-order valence-electron chi connectivity index (χ0n) is 15.9. The fourth-order valence-electron chi connectivity index (χ4n) is 2.70.